The second-order valence-corrected chi connectivity index (χ2v) is 6.38. The number of carbonyl (C=O) groups is 1. The Bertz CT molecular complexity index is 414. The molecule has 0 aromatic heterocycles. The smallest absolute Gasteiger partial charge is 0.322 e. The highest BCUT2D eigenvalue weighted by molar-refractivity contribution is 5.72. The van der Waals surface area contributed by atoms with Gasteiger partial charge in [-0.15, -0.1) is 0 Å². The minimum Gasteiger partial charge on any atom is -0.480 e. The molecule has 0 saturated heterocycles. The molecule has 0 aliphatic rings. The molecule has 0 heterocycles. The molecule has 0 bridgehead atoms. The van der Waals surface area contributed by atoms with Gasteiger partial charge in [-0.25, -0.2) is 0 Å². The van der Waals surface area contributed by atoms with Crippen LogP contribution in [0, 0.1) is 0 Å². The summed E-state index contributed by atoms with van der Waals surface area (Å²) in [5.41, 5.74) is 2.21. The molecule has 0 aliphatic carbocycles. The lowest BCUT2D eigenvalue weighted by molar-refractivity contribution is -0.134. The maximum absolute atomic E-state index is 10.5. The first-order chi connectivity index (χ1) is 11.2. The van der Waals surface area contributed by atoms with Crippen LogP contribution in [0.4, 0.5) is 5.69 Å². The van der Waals surface area contributed by atoms with Crippen molar-refractivity contribution in [1.29, 1.82) is 0 Å². The molecule has 1 rings (SSSR count). The van der Waals surface area contributed by atoms with E-state index in [4.69, 9.17) is 5.11 Å². The summed E-state index contributed by atoms with van der Waals surface area (Å²) in [5.74, 6) is -0.834. The van der Waals surface area contributed by atoms with Crippen LogP contribution in [0.1, 0.15) is 76.7 Å². The van der Waals surface area contributed by atoms with Gasteiger partial charge in [0.15, 0.2) is 0 Å². The topological polar surface area (TPSA) is 49.3 Å². The van der Waals surface area contributed by atoms with E-state index < -0.39 is 5.97 Å². The van der Waals surface area contributed by atoms with Gasteiger partial charge in [-0.2, -0.15) is 0 Å². The Morgan fingerprint density at radius 3 is 1.91 bits per heavy atom. The summed E-state index contributed by atoms with van der Waals surface area (Å²) in [5, 5.41) is 11.5. The van der Waals surface area contributed by atoms with Gasteiger partial charge in [-0.1, -0.05) is 76.8 Å². The van der Waals surface area contributed by atoms with Gasteiger partial charge in [-0.3, -0.25) is 4.79 Å². The summed E-state index contributed by atoms with van der Waals surface area (Å²) < 4.78 is 0. The van der Waals surface area contributed by atoms with E-state index in [2.05, 4.69) is 24.4 Å². The fourth-order valence-electron chi connectivity index (χ4n) is 2.78. The van der Waals surface area contributed by atoms with Crippen molar-refractivity contribution in [2.75, 3.05) is 11.9 Å². The quantitative estimate of drug-likeness (QED) is 0.436. The maximum atomic E-state index is 10.5. The fourth-order valence-corrected chi connectivity index (χ4v) is 2.78. The molecule has 0 fully saturated rings. The Morgan fingerprint density at radius 1 is 0.870 bits per heavy atom. The van der Waals surface area contributed by atoms with E-state index in [1.165, 1.54) is 69.8 Å². The first-order valence-corrected chi connectivity index (χ1v) is 9.27. The third kappa shape index (κ3) is 10.8. The first-order valence-electron chi connectivity index (χ1n) is 9.27. The number of carboxylic acid groups (broad SMARTS) is 1. The van der Waals surface area contributed by atoms with E-state index in [-0.39, 0.29) is 6.54 Å². The average Bonchev–Trinajstić information content (AvgIpc) is 2.55. The standard InChI is InChI=1S/C20H33NO2/c1-2-3-4-5-6-7-8-9-10-11-12-18-13-15-19(16-14-18)21-17-20(22)23/h13-16,21H,2-12,17H2,1H3,(H,22,23). The van der Waals surface area contributed by atoms with Gasteiger partial charge in [0.1, 0.15) is 6.54 Å². The summed E-state index contributed by atoms with van der Waals surface area (Å²) >= 11 is 0. The number of rotatable bonds is 14. The zero-order valence-electron chi connectivity index (χ0n) is 14.7. The number of carboxylic acids is 1. The normalized spacial score (nSPS) is 10.7. The van der Waals surface area contributed by atoms with Crippen molar-refractivity contribution in [3.63, 3.8) is 0 Å². The third-order valence-corrected chi connectivity index (χ3v) is 4.22. The molecule has 0 unspecified atom stereocenters. The van der Waals surface area contributed by atoms with Crippen LogP contribution in [0.5, 0.6) is 0 Å². The van der Waals surface area contributed by atoms with Crippen LogP contribution in [0.3, 0.4) is 0 Å². The van der Waals surface area contributed by atoms with E-state index in [0.29, 0.717) is 0 Å². The number of aryl methyl sites for hydroxylation is 1. The van der Waals surface area contributed by atoms with Gasteiger partial charge >= 0.3 is 5.97 Å². The monoisotopic (exact) mass is 319 g/mol. The minimum absolute atomic E-state index is 0.0300. The third-order valence-electron chi connectivity index (χ3n) is 4.22. The predicted octanol–water partition coefficient (Wildman–Crippen LogP) is 5.65. The van der Waals surface area contributed by atoms with Gasteiger partial charge < -0.3 is 10.4 Å². The SMILES string of the molecule is CCCCCCCCCCCCc1ccc(NCC(=O)O)cc1. The Balaban J connectivity index is 2.00. The number of benzene rings is 1. The summed E-state index contributed by atoms with van der Waals surface area (Å²) in [6.45, 7) is 2.23. The van der Waals surface area contributed by atoms with E-state index >= 15 is 0 Å². The molecule has 0 radical (unpaired) electrons. The first kappa shape index (κ1) is 19.5. The molecule has 2 N–H and O–H groups in total. The van der Waals surface area contributed by atoms with E-state index in [1.807, 2.05) is 12.1 Å². The van der Waals surface area contributed by atoms with Crippen molar-refractivity contribution in [2.45, 2.75) is 77.6 Å². The van der Waals surface area contributed by atoms with Crippen LogP contribution in [-0.2, 0) is 11.2 Å². The molecule has 0 atom stereocenters. The summed E-state index contributed by atoms with van der Waals surface area (Å²) in [6, 6.07) is 8.12. The Hall–Kier alpha value is -1.51. The van der Waals surface area contributed by atoms with Gasteiger partial charge in [-0.05, 0) is 30.5 Å². The minimum atomic E-state index is -0.834. The van der Waals surface area contributed by atoms with Crippen LogP contribution in [0.15, 0.2) is 24.3 Å². The molecule has 3 nitrogen and oxygen atoms in total. The second-order valence-electron chi connectivity index (χ2n) is 6.38. The molecule has 0 saturated carbocycles. The zero-order valence-corrected chi connectivity index (χ0v) is 14.7. The van der Waals surface area contributed by atoms with E-state index in [0.717, 1.165) is 12.1 Å². The van der Waals surface area contributed by atoms with E-state index in [1.54, 1.807) is 0 Å². The lowest BCUT2D eigenvalue weighted by atomic mass is 10.0. The second kappa shape index (κ2) is 13.0. The molecule has 0 spiro atoms. The van der Waals surface area contributed by atoms with Crippen LogP contribution in [0.25, 0.3) is 0 Å². The van der Waals surface area contributed by atoms with Crippen molar-refractivity contribution in [2.24, 2.45) is 0 Å². The molecule has 1 aromatic rings. The fraction of sp³-hybridized carbons (Fsp3) is 0.650. The highest BCUT2D eigenvalue weighted by atomic mass is 16.4. The summed E-state index contributed by atoms with van der Waals surface area (Å²) in [6.07, 6.45) is 14.8. The molecule has 0 aliphatic heterocycles. The molecule has 3 heteroatoms. The highest BCUT2D eigenvalue weighted by Gasteiger charge is 1.98. The zero-order chi connectivity index (χ0) is 16.8. The van der Waals surface area contributed by atoms with Crippen molar-refractivity contribution in [3.05, 3.63) is 29.8 Å². The number of hydrogen-bond acceptors (Lipinski definition) is 2. The van der Waals surface area contributed by atoms with Crippen LogP contribution < -0.4 is 5.32 Å². The lowest BCUT2D eigenvalue weighted by Gasteiger charge is -2.06. The molecule has 0 amide bonds. The van der Waals surface area contributed by atoms with Crippen LogP contribution in [0.2, 0.25) is 0 Å². The van der Waals surface area contributed by atoms with Crippen molar-refractivity contribution in [1.82, 2.24) is 0 Å². The van der Waals surface area contributed by atoms with Gasteiger partial charge in [0.25, 0.3) is 0 Å². The van der Waals surface area contributed by atoms with Gasteiger partial charge in [0, 0.05) is 5.69 Å². The van der Waals surface area contributed by atoms with E-state index in [9.17, 15) is 4.79 Å². The van der Waals surface area contributed by atoms with Gasteiger partial charge in [0.05, 0.1) is 0 Å². The number of nitrogens with one attached hydrogen (secondary N) is 1. The molecular weight excluding hydrogens is 286 g/mol. The largest absolute Gasteiger partial charge is 0.480 e. The van der Waals surface area contributed by atoms with Crippen LogP contribution in [-0.4, -0.2) is 17.6 Å². The molecule has 23 heavy (non-hydrogen) atoms. The summed E-state index contributed by atoms with van der Waals surface area (Å²) in [7, 11) is 0. The number of anilines is 1. The Kier molecular flexibility index (Phi) is 11.0. The predicted molar refractivity (Wildman–Crippen MR) is 98.1 cm³/mol. The van der Waals surface area contributed by atoms with Crippen molar-refractivity contribution in [3.8, 4) is 0 Å². The highest BCUT2D eigenvalue weighted by Crippen LogP contribution is 2.14. The van der Waals surface area contributed by atoms with Crippen molar-refractivity contribution >= 4 is 11.7 Å². The molecule has 130 valence electrons. The van der Waals surface area contributed by atoms with Crippen molar-refractivity contribution < 1.29 is 9.90 Å². The number of unbranched alkanes of at least 4 members (excludes halogenated alkanes) is 9. The number of aliphatic carboxylic acids is 1. The lowest BCUT2D eigenvalue weighted by Crippen LogP contribution is -2.12. The summed E-state index contributed by atoms with van der Waals surface area (Å²) in [4.78, 5) is 10.5. The molecule has 1 aromatic carbocycles. The maximum Gasteiger partial charge on any atom is 0.322 e. The Morgan fingerprint density at radius 2 is 1.39 bits per heavy atom. The number of hydrogen-bond donors (Lipinski definition) is 2. The Labute approximate surface area is 141 Å². The van der Waals surface area contributed by atoms with Crippen LogP contribution >= 0.6 is 0 Å². The average molecular weight is 319 g/mol. The molecular formula is C20H33NO2. The van der Waals surface area contributed by atoms with Gasteiger partial charge in [0.2, 0.25) is 0 Å².